The van der Waals surface area contributed by atoms with Crippen molar-refractivity contribution in [3.8, 4) is 0 Å². The fourth-order valence-electron chi connectivity index (χ4n) is 2.23. The molecule has 0 aromatic heterocycles. The first-order valence-electron chi connectivity index (χ1n) is 7.13. The molecule has 25 heavy (non-hydrogen) atoms. The first kappa shape index (κ1) is 19.5. The maximum atomic E-state index is 13.4. The van der Waals surface area contributed by atoms with Gasteiger partial charge in [-0.15, -0.1) is 0 Å². The van der Waals surface area contributed by atoms with Crippen LogP contribution in [-0.4, -0.2) is 17.3 Å². The summed E-state index contributed by atoms with van der Waals surface area (Å²) in [6.07, 6.45) is -2.14. The van der Waals surface area contributed by atoms with Gasteiger partial charge in [0, 0.05) is 9.50 Å². The van der Waals surface area contributed by atoms with Crippen molar-refractivity contribution in [2.45, 2.75) is 19.0 Å². The van der Waals surface area contributed by atoms with Gasteiger partial charge in [-0.25, -0.2) is 4.79 Å². The number of rotatable bonds is 4. The Morgan fingerprint density at radius 2 is 1.92 bits per heavy atom. The van der Waals surface area contributed by atoms with Crippen LogP contribution in [0.15, 0.2) is 46.9 Å². The Morgan fingerprint density at radius 1 is 1.24 bits per heavy atom. The summed E-state index contributed by atoms with van der Waals surface area (Å²) < 4.78 is 40.5. The van der Waals surface area contributed by atoms with Crippen LogP contribution >= 0.6 is 27.5 Å². The molecule has 0 fully saturated rings. The van der Waals surface area contributed by atoms with Crippen LogP contribution in [0.1, 0.15) is 33.0 Å². The van der Waals surface area contributed by atoms with Crippen molar-refractivity contribution in [3.05, 3.63) is 74.2 Å². The zero-order chi connectivity index (χ0) is 18.8. The molecule has 0 bridgehead atoms. The molecule has 0 spiro atoms. The first-order valence-corrected chi connectivity index (χ1v) is 8.30. The van der Waals surface area contributed by atoms with Gasteiger partial charge in [-0.2, -0.15) is 13.2 Å². The molecular weight excluding hydrogens is 421 g/mol. The van der Waals surface area contributed by atoms with Crippen LogP contribution in [0.2, 0.25) is 5.02 Å². The quantitative estimate of drug-likeness (QED) is 0.600. The number of carboxylic acid groups (broad SMARTS) is 1. The zero-order valence-corrected chi connectivity index (χ0v) is 15.3. The summed E-state index contributed by atoms with van der Waals surface area (Å²) in [7, 11) is 0. The van der Waals surface area contributed by atoms with Crippen molar-refractivity contribution in [2.24, 2.45) is 0 Å². The predicted molar refractivity (Wildman–Crippen MR) is 95.1 cm³/mol. The van der Waals surface area contributed by atoms with E-state index in [0.29, 0.717) is 15.6 Å². The van der Waals surface area contributed by atoms with Gasteiger partial charge in [0.2, 0.25) is 0 Å². The maximum Gasteiger partial charge on any atom is 0.399 e. The predicted octanol–water partition coefficient (Wildman–Crippen LogP) is 6.47. The smallest absolute Gasteiger partial charge is 0.399 e. The van der Waals surface area contributed by atoms with E-state index in [2.05, 4.69) is 15.9 Å². The zero-order valence-electron chi connectivity index (χ0n) is 12.9. The molecule has 132 valence electrons. The number of benzene rings is 2. The molecule has 0 saturated heterocycles. The summed E-state index contributed by atoms with van der Waals surface area (Å²) in [5.41, 5.74) is 1.23. The lowest BCUT2D eigenvalue weighted by Crippen LogP contribution is -2.18. The Kier molecular flexibility index (Phi) is 5.95. The highest BCUT2D eigenvalue weighted by Crippen LogP contribution is 2.38. The van der Waals surface area contributed by atoms with Crippen molar-refractivity contribution in [1.82, 2.24) is 0 Å². The summed E-state index contributed by atoms with van der Waals surface area (Å²) in [5, 5.41) is 9.24. The van der Waals surface area contributed by atoms with Crippen molar-refractivity contribution >= 4 is 39.6 Å². The normalized spacial score (nSPS) is 13.2. The largest absolute Gasteiger partial charge is 0.478 e. The average molecular weight is 434 g/mol. The Bertz CT molecular complexity index is 832. The number of aromatic carboxylic acids is 1. The van der Waals surface area contributed by atoms with Gasteiger partial charge in [-0.1, -0.05) is 42.0 Å². The summed E-state index contributed by atoms with van der Waals surface area (Å²) in [6, 6.07) is 8.48. The summed E-state index contributed by atoms with van der Waals surface area (Å²) in [4.78, 5) is 11.0. The second-order valence-electron chi connectivity index (χ2n) is 5.43. The van der Waals surface area contributed by atoms with E-state index in [0.717, 1.165) is 6.08 Å². The van der Waals surface area contributed by atoms with Crippen molar-refractivity contribution in [3.63, 3.8) is 0 Å². The van der Waals surface area contributed by atoms with E-state index in [1.165, 1.54) is 36.4 Å². The summed E-state index contributed by atoms with van der Waals surface area (Å²) >= 11 is 9.04. The highest BCUT2D eigenvalue weighted by atomic mass is 79.9. The molecular formula is C18H13BrClF3O2. The molecule has 0 saturated carbocycles. The SMILES string of the molecule is Cc1ccc(C(/C=C/c2ccc(C(=O)O)c(Br)c2)C(F)(F)F)cc1Cl. The fraction of sp³-hybridized carbons (Fsp3) is 0.167. The molecule has 7 heteroatoms. The minimum atomic E-state index is -4.48. The molecule has 2 nitrogen and oxygen atoms in total. The highest BCUT2D eigenvalue weighted by molar-refractivity contribution is 9.10. The molecule has 1 atom stereocenters. The lowest BCUT2D eigenvalue weighted by molar-refractivity contribution is -0.139. The third kappa shape index (κ3) is 4.86. The lowest BCUT2D eigenvalue weighted by atomic mass is 9.96. The Morgan fingerprint density at radius 3 is 2.44 bits per heavy atom. The second kappa shape index (κ2) is 7.62. The van der Waals surface area contributed by atoms with Gasteiger partial charge in [0.05, 0.1) is 11.5 Å². The van der Waals surface area contributed by atoms with E-state index < -0.39 is 18.1 Å². The van der Waals surface area contributed by atoms with Gasteiger partial charge in [-0.3, -0.25) is 0 Å². The van der Waals surface area contributed by atoms with E-state index in [4.69, 9.17) is 16.7 Å². The number of hydrogen-bond donors (Lipinski definition) is 1. The molecule has 0 amide bonds. The Labute approximate surface area is 156 Å². The number of hydrogen-bond acceptors (Lipinski definition) is 1. The van der Waals surface area contributed by atoms with Crippen LogP contribution in [0.25, 0.3) is 6.08 Å². The van der Waals surface area contributed by atoms with E-state index in [9.17, 15) is 18.0 Å². The molecule has 2 aromatic rings. The van der Waals surface area contributed by atoms with Crippen LogP contribution in [0.5, 0.6) is 0 Å². The molecule has 2 aromatic carbocycles. The van der Waals surface area contributed by atoms with E-state index in [-0.39, 0.29) is 16.1 Å². The fourth-order valence-corrected chi connectivity index (χ4v) is 2.98. The van der Waals surface area contributed by atoms with Gasteiger partial charge in [0.15, 0.2) is 0 Å². The van der Waals surface area contributed by atoms with Gasteiger partial charge in [0.25, 0.3) is 0 Å². The molecule has 0 aliphatic heterocycles. The van der Waals surface area contributed by atoms with Gasteiger partial charge in [-0.05, 0) is 57.7 Å². The van der Waals surface area contributed by atoms with Gasteiger partial charge < -0.3 is 5.11 Å². The Balaban J connectivity index is 2.37. The molecule has 0 heterocycles. The van der Waals surface area contributed by atoms with Crippen LogP contribution in [-0.2, 0) is 0 Å². The number of alkyl halides is 3. The first-order chi connectivity index (χ1) is 11.6. The van der Waals surface area contributed by atoms with Crippen molar-refractivity contribution < 1.29 is 23.1 Å². The van der Waals surface area contributed by atoms with Crippen LogP contribution in [0.4, 0.5) is 13.2 Å². The molecule has 0 radical (unpaired) electrons. The number of carbonyl (C=O) groups is 1. The minimum Gasteiger partial charge on any atom is -0.478 e. The van der Waals surface area contributed by atoms with Crippen LogP contribution in [0.3, 0.4) is 0 Å². The minimum absolute atomic E-state index is 0.0369. The van der Waals surface area contributed by atoms with Crippen molar-refractivity contribution in [1.29, 1.82) is 0 Å². The van der Waals surface area contributed by atoms with Crippen LogP contribution < -0.4 is 0 Å². The topological polar surface area (TPSA) is 37.3 Å². The van der Waals surface area contributed by atoms with Gasteiger partial charge >= 0.3 is 12.1 Å². The standard InChI is InChI=1S/C18H13BrClF3O2/c1-10-2-5-12(9-16(10)20)14(18(21,22)23)7-4-11-3-6-13(17(24)25)15(19)8-11/h2-9,14H,1H3,(H,24,25)/b7-4+. The number of carboxylic acids is 1. The maximum absolute atomic E-state index is 13.4. The number of allylic oxidation sites excluding steroid dienone is 1. The lowest BCUT2D eigenvalue weighted by Gasteiger charge is -2.18. The monoisotopic (exact) mass is 432 g/mol. The van der Waals surface area contributed by atoms with E-state index >= 15 is 0 Å². The number of halogens is 5. The molecule has 1 unspecified atom stereocenters. The summed E-state index contributed by atoms with van der Waals surface area (Å²) in [5.74, 6) is -2.94. The van der Waals surface area contributed by atoms with Gasteiger partial charge in [0.1, 0.15) is 0 Å². The third-order valence-corrected chi connectivity index (χ3v) is 4.68. The highest BCUT2D eigenvalue weighted by Gasteiger charge is 2.39. The Hall–Kier alpha value is -1.79. The van der Waals surface area contributed by atoms with Crippen LogP contribution in [0, 0.1) is 6.92 Å². The average Bonchev–Trinajstić information content (AvgIpc) is 2.49. The van der Waals surface area contributed by atoms with E-state index in [1.54, 1.807) is 13.0 Å². The summed E-state index contributed by atoms with van der Waals surface area (Å²) in [6.45, 7) is 1.71. The third-order valence-electron chi connectivity index (χ3n) is 3.61. The second-order valence-corrected chi connectivity index (χ2v) is 6.69. The number of aryl methyl sites for hydroxylation is 1. The molecule has 0 aliphatic carbocycles. The molecule has 1 N–H and O–H groups in total. The molecule has 2 rings (SSSR count). The van der Waals surface area contributed by atoms with E-state index in [1.807, 2.05) is 0 Å². The molecule has 0 aliphatic rings. The van der Waals surface area contributed by atoms with Crippen molar-refractivity contribution in [2.75, 3.05) is 0 Å².